The zero-order valence-corrected chi connectivity index (χ0v) is 8.09. The predicted octanol–water partition coefficient (Wildman–Crippen LogP) is 1.47. The van der Waals surface area contributed by atoms with Crippen molar-refractivity contribution in [2.45, 2.75) is 12.5 Å². The molecular formula is C11H10N2O2. The van der Waals surface area contributed by atoms with Crippen LogP contribution >= 0.6 is 0 Å². The Morgan fingerprint density at radius 3 is 3.00 bits per heavy atom. The van der Waals surface area contributed by atoms with E-state index in [1.165, 1.54) is 4.68 Å². The van der Waals surface area contributed by atoms with E-state index in [4.69, 9.17) is 4.74 Å². The van der Waals surface area contributed by atoms with Gasteiger partial charge in [-0.3, -0.25) is 4.79 Å². The van der Waals surface area contributed by atoms with E-state index in [9.17, 15) is 4.79 Å². The maximum Gasteiger partial charge on any atom is 0.276 e. The molecular weight excluding hydrogens is 192 g/mol. The topological polar surface area (TPSA) is 44.1 Å². The first-order chi connectivity index (χ1) is 7.36. The van der Waals surface area contributed by atoms with Gasteiger partial charge in [0.15, 0.2) is 0 Å². The van der Waals surface area contributed by atoms with Crippen molar-refractivity contribution in [1.29, 1.82) is 0 Å². The highest BCUT2D eigenvalue weighted by molar-refractivity contribution is 5.93. The number of carbonyl (C=O) groups is 1. The second kappa shape index (κ2) is 3.17. The maximum atomic E-state index is 11.9. The van der Waals surface area contributed by atoms with Crippen LogP contribution in [-0.2, 0) is 4.74 Å². The quantitative estimate of drug-likeness (QED) is 0.703. The third kappa shape index (κ3) is 1.26. The SMILES string of the molecule is O=C(C1CCO1)n1ncc2ccccc21. The molecule has 0 aliphatic carbocycles. The number of rotatable bonds is 1. The van der Waals surface area contributed by atoms with Crippen LogP contribution in [-0.4, -0.2) is 28.4 Å². The Morgan fingerprint density at radius 1 is 1.47 bits per heavy atom. The molecule has 1 aromatic heterocycles. The van der Waals surface area contributed by atoms with Crippen LogP contribution in [0.4, 0.5) is 0 Å². The third-order valence-corrected chi connectivity index (χ3v) is 2.66. The van der Waals surface area contributed by atoms with Gasteiger partial charge < -0.3 is 4.74 Å². The van der Waals surface area contributed by atoms with Gasteiger partial charge >= 0.3 is 0 Å². The Balaban J connectivity index is 2.06. The molecule has 1 saturated heterocycles. The number of carbonyl (C=O) groups excluding carboxylic acids is 1. The Bertz CT molecular complexity index is 514. The molecule has 4 heteroatoms. The van der Waals surface area contributed by atoms with E-state index in [1.54, 1.807) is 6.20 Å². The minimum Gasteiger partial charge on any atom is -0.368 e. The summed E-state index contributed by atoms with van der Waals surface area (Å²) >= 11 is 0. The van der Waals surface area contributed by atoms with Crippen LogP contribution in [0.5, 0.6) is 0 Å². The summed E-state index contributed by atoms with van der Waals surface area (Å²) in [4.78, 5) is 11.9. The molecule has 3 rings (SSSR count). The first-order valence-corrected chi connectivity index (χ1v) is 4.95. The van der Waals surface area contributed by atoms with Gasteiger partial charge in [0.25, 0.3) is 5.91 Å². The molecule has 1 unspecified atom stereocenters. The van der Waals surface area contributed by atoms with E-state index >= 15 is 0 Å². The monoisotopic (exact) mass is 202 g/mol. The Kier molecular flexibility index (Phi) is 1.82. The van der Waals surface area contributed by atoms with E-state index in [0.29, 0.717) is 6.61 Å². The molecule has 1 aliphatic rings. The average molecular weight is 202 g/mol. The lowest BCUT2D eigenvalue weighted by Crippen LogP contribution is -2.38. The van der Waals surface area contributed by atoms with Crippen molar-refractivity contribution in [3.05, 3.63) is 30.5 Å². The highest BCUT2D eigenvalue weighted by Crippen LogP contribution is 2.17. The fourth-order valence-corrected chi connectivity index (χ4v) is 1.71. The summed E-state index contributed by atoms with van der Waals surface area (Å²) < 4.78 is 6.58. The summed E-state index contributed by atoms with van der Waals surface area (Å²) in [5.41, 5.74) is 0.845. The van der Waals surface area contributed by atoms with Gasteiger partial charge in [0, 0.05) is 11.8 Å². The predicted molar refractivity (Wildman–Crippen MR) is 54.7 cm³/mol. The number of aromatic nitrogens is 2. The van der Waals surface area contributed by atoms with Crippen molar-refractivity contribution >= 4 is 16.8 Å². The van der Waals surface area contributed by atoms with E-state index in [0.717, 1.165) is 17.3 Å². The van der Waals surface area contributed by atoms with Crippen molar-refractivity contribution < 1.29 is 9.53 Å². The van der Waals surface area contributed by atoms with Crippen LogP contribution in [0.15, 0.2) is 30.5 Å². The van der Waals surface area contributed by atoms with Gasteiger partial charge in [0.2, 0.25) is 0 Å². The zero-order chi connectivity index (χ0) is 10.3. The molecule has 1 aromatic carbocycles. The standard InChI is InChI=1S/C11H10N2O2/c14-11(10-5-6-15-10)13-9-4-2-1-3-8(9)7-12-13/h1-4,7,10H,5-6H2. The van der Waals surface area contributed by atoms with Gasteiger partial charge in [0.1, 0.15) is 6.10 Å². The highest BCUT2D eigenvalue weighted by Gasteiger charge is 2.28. The summed E-state index contributed by atoms with van der Waals surface area (Å²) in [6, 6.07) is 7.65. The van der Waals surface area contributed by atoms with Gasteiger partial charge in [-0.1, -0.05) is 18.2 Å². The van der Waals surface area contributed by atoms with Crippen molar-refractivity contribution in [1.82, 2.24) is 9.78 Å². The Morgan fingerprint density at radius 2 is 2.27 bits per heavy atom. The molecule has 0 spiro atoms. The first kappa shape index (κ1) is 8.61. The Hall–Kier alpha value is -1.68. The van der Waals surface area contributed by atoms with E-state index < -0.39 is 0 Å². The fourth-order valence-electron chi connectivity index (χ4n) is 1.71. The number of ether oxygens (including phenoxy) is 1. The van der Waals surface area contributed by atoms with Gasteiger partial charge in [-0.05, 0) is 6.07 Å². The van der Waals surface area contributed by atoms with Crippen LogP contribution < -0.4 is 0 Å². The minimum absolute atomic E-state index is 0.0672. The molecule has 76 valence electrons. The molecule has 2 heterocycles. The summed E-state index contributed by atoms with van der Waals surface area (Å²) in [5, 5.41) is 5.06. The largest absolute Gasteiger partial charge is 0.368 e. The molecule has 0 radical (unpaired) electrons. The van der Waals surface area contributed by atoms with Crippen molar-refractivity contribution in [2.75, 3.05) is 6.61 Å². The van der Waals surface area contributed by atoms with Crippen LogP contribution in [0, 0.1) is 0 Å². The van der Waals surface area contributed by atoms with E-state index in [-0.39, 0.29) is 12.0 Å². The molecule has 1 aliphatic heterocycles. The molecule has 0 bridgehead atoms. The lowest BCUT2D eigenvalue weighted by atomic mass is 10.2. The summed E-state index contributed by atoms with van der Waals surface area (Å²) in [6.45, 7) is 0.676. The number of benzene rings is 1. The van der Waals surface area contributed by atoms with E-state index in [1.807, 2.05) is 24.3 Å². The van der Waals surface area contributed by atoms with Gasteiger partial charge in [-0.15, -0.1) is 0 Å². The lowest BCUT2D eigenvalue weighted by molar-refractivity contribution is -0.0376. The summed E-state index contributed by atoms with van der Waals surface area (Å²) in [6.07, 6.45) is 2.20. The number of hydrogen-bond acceptors (Lipinski definition) is 3. The molecule has 1 atom stereocenters. The number of para-hydroxylation sites is 1. The number of nitrogens with zero attached hydrogens (tertiary/aromatic N) is 2. The first-order valence-electron chi connectivity index (χ1n) is 4.95. The van der Waals surface area contributed by atoms with Gasteiger partial charge in [-0.25, -0.2) is 0 Å². The van der Waals surface area contributed by atoms with Crippen LogP contribution in [0.25, 0.3) is 10.9 Å². The second-order valence-electron chi connectivity index (χ2n) is 3.60. The third-order valence-electron chi connectivity index (χ3n) is 2.66. The average Bonchev–Trinajstić information content (AvgIpc) is 2.58. The second-order valence-corrected chi connectivity index (χ2v) is 3.60. The van der Waals surface area contributed by atoms with Crippen LogP contribution in [0.3, 0.4) is 0 Å². The summed E-state index contributed by atoms with van der Waals surface area (Å²) in [5.74, 6) is -0.0672. The fraction of sp³-hybridized carbons (Fsp3) is 0.273. The van der Waals surface area contributed by atoms with Crippen LogP contribution in [0.2, 0.25) is 0 Å². The molecule has 1 fully saturated rings. The molecule has 15 heavy (non-hydrogen) atoms. The normalized spacial score (nSPS) is 20.1. The summed E-state index contributed by atoms with van der Waals surface area (Å²) in [7, 11) is 0. The van der Waals surface area contributed by atoms with Crippen LogP contribution in [0.1, 0.15) is 11.2 Å². The molecule has 0 amide bonds. The maximum absolute atomic E-state index is 11.9. The molecule has 2 aromatic rings. The molecule has 0 N–H and O–H groups in total. The zero-order valence-electron chi connectivity index (χ0n) is 8.09. The van der Waals surface area contributed by atoms with Gasteiger partial charge in [0.05, 0.1) is 18.3 Å². The van der Waals surface area contributed by atoms with E-state index in [2.05, 4.69) is 5.10 Å². The Labute approximate surface area is 86.4 Å². The van der Waals surface area contributed by atoms with Crippen molar-refractivity contribution in [2.24, 2.45) is 0 Å². The van der Waals surface area contributed by atoms with Crippen molar-refractivity contribution in [3.8, 4) is 0 Å². The number of fused-ring (bicyclic) bond motifs is 1. The number of hydrogen-bond donors (Lipinski definition) is 0. The molecule has 0 saturated carbocycles. The minimum atomic E-state index is -0.298. The lowest BCUT2D eigenvalue weighted by Gasteiger charge is -2.24. The van der Waals surface area contributed by atoms with Gasteiger partial charge in [-0.2, -0.15) is 9.78 Å². The smallest absolute Gasteiger partial charge is 0.276 e. The van der Waals surface area contributed by atoms with Crippen molar-refractivity contribution in [3.63, 3.8) is 0 Å². The highest BCUT2D eigenvalue weighted by atomic mass is 16.5. The molecule has 4 nitrogen and oxygen atoms in total.